The van der Waals surface area contributed by atoms with Crippen LogP contribution in [0.5, 0.6) is 0 Å². The van der Waals surface area contributed by atoms with Gasteiger partial charge in [0.2, 0.25) is 0 Å². The van der Waals surface area contributed by atoms with Gasteiger partial charge < -0.3 is 10.4 Å². The van der Waals surface area contributed by atoms with Gasteiger partial charge in [-0.2, -0.15) is 0 Å². The first-order chi connectivity index (χ1) is 8.01. The SMILES string of the molecule is CCC(C(=O)O)C(NC)c1cc(F)ccc1F. The number of hydrogen-bond acceptors (Lipinski definition) is 2. The van der Waals surface area contributed by atoms with Gasteiger partial charge in [0, 0.05) is 11.6 Å². The maximum absolute atomic E-state index is 13.6. The first-order valence-corrected chi connectivity index (χ1v) is 5.36. The number of halogens is 2. The molecule has 17 heavy (non-hydrogen) atoms. The second-order valence-electron chi connectivity index (χ2n) is 3.79. The van der Waals surface area contributed by atoms with E-state index < -0.39 is 29.6 Å². The maximum Gasteiger partial charge on any atom is 0.308 e. The zero-order chi connectivity index (χ0) is 13.0. The van der Waals surface area contributed by atoms with Crippen molar-refractivity contribution < 1.29 is 18.7 Å². The summed E-state index contributed by atoms with van der Waals surface area (Å²) in [6.45, 7) is 1.69. The van der Waals surface area contributed by atoms with Crippen molar-refractivity contribution in [2.45, 2.75) is 19.4 Å². The molecular weight excluding hydrogens is 228 g/mol. The Kier molecular flexibility index (Phi) is 4.57. The monoisotopic (exact) mass is 243 g/mol. The van der Waals surface area contributed by atoms with E-state index in [1.165, 1.54) is 7.05 Å². The molecule has 0 bridgehead atoms. The van der Waals surface area contributed by atoms with Gasteiger partial charge in [-0.05, 0) is 31.7 Å². The van der Waals surface area contributed by atoms with Crippen LogP contribution in [0.3, 0.4) is 0 Å². The van der Waals surface area contributed by atoms with Crippen LogP contribution in [0.1, 0.15) is 24.9 Å². The lowest BCUT2D eigenvalue weighted by Gasteiger charge is -2.23. The molecule has 0 fully saturated rings. The fourth-order valence-corrected chi connectivity index (χ4v) is 1.88. The molecule has 0 aliphatic rings. The van der Waals surface area contributed by atoms with E-state index in [0.717, 1.165) is 18.2 Å². The third-order valence-corrected chi connectivity index (χ3v) is 2.76. The van der Waals surface area contributed by atoms with Gasteiger partial charge in [-0.1, -0.05) is 6.92 Å². The number of aliphatic carboxylic acids is 1. The molecule has 0 radical (unpaired) electrons. The smallest absolute Gasteiger partial charge is 0.308 e. The minimum absolute atomic E-state index is 0.0433. The minimum Gasteiger partial charge on any atom is -0.481 e. The van der Waals surface area contributed by atoms with Crippen molar-refractivity contribution in [1.82, 2.24) is 5.32 Å². The van der Waals surface area contributed by atoms with Crippen LogP contribution in [0.4, 0.5) is 8.78 Å². The number of benzene rings is 1. The van der Waals surface area contributed by atoms with Gasteiger partial charge >= 0.3 is 5.97 Å². The highest BCUT2D eigenvalue weighted by atomic mass is 19.1. The van der Waals surface area contributed by atoms with Gasteiger partial charge in [0.05, 0.1) is 5.92 Å². The highest BCUT2D eigenvalue weighted by Gasteiger charge is 2.28. The Morgan fingerprint density at radius 1 is 1.47 bits per heavy atom. The van der Waals surface area contributed by atoms with Crippen LogP contribution in [0.15, 0.2) is 18.2 Å². The molecule has 5 heteroatoms. The van der Waals surface area contributed by atoms with E-state index >= 15 is 0 Å². The van der Waals surface area contributed by atoms with E-state index in [4.69, 9.17) is 5.11 Å². The van der Waals surface area contributed by atoms with Crippen LogP contribution in [0.25, 0.3) is 0 Å². The second kappa shape index (κ2) is 5.72. The molecule has 1 aromatic carbocycles. The normalized spacial score (nSPS) is 14.4. The molecule has 0 aromatic heterocycles. The third-order valence-electron chi connectivity index (χ3n) is 2.76. The Balaban J connectivity index is 3.16. The summed E-state index contributed by atoms with van der Waals surface area (Å²) in [7, 11) is 1.53. The predicted octanol–water partition coefficient (Wildman–Crippen LogP) is 2.34. The van der Waals surface area contributed by atoms with E-state index in [-0.39, 0.29) is 5.56 Å². The molecule has 3 nitrogen and oxygen atoms in total. The van der Waals surface area contributed by atoms with Gasteiger partial charge in [-0.3, -0.25) is 4.79 Å². The summed E-state index contributed by atoms with van der Waals surface area (Å²) >= 11 is 0. The summed E-state index contributed by atoms with van der Waals surface area (Å²) in [5.74, 6) is -3.01. The molecule has 0 saturated heterocycles. The molecule has 2 N–H and O–H groups in total. The van der Waals surface area contributed by atoms with Crippen LogP contribution in [0, 0.1) is 17.6 Å². The molecule has 0 amide bonds. The van der Waals surface area contributed by atoms with E-state index in [1.54, 1.807) is 6.92 Å². The molecule has 1 rings (SSSR count). The Morgan fingerprint density at radius 2 is 2.12 bits per heavy atom. The van der Waals surface area contributed by atoms with Crippen molar-refractivity contribution in [2.24, 2.45) is 5.92 Å². The summed E-state index contributed by atoms with van der Waals surface area (Å²) < 4.78 is 26.6. The van der Waals surface area contributed by atoms with Crippen LogP contribution < -0.4 is 5.32 Å². The average Bonchev–Trinajstić information content (AvgIpc) is 2.28. The fourth-order valence-electron chi connectivity index (χ4n) is 1.88. The van der Waals surface area contributed by atoms with Crippen LogP contribution in [-0.4, -0.2) is 18.1 Å². The lowest BCUT2D eigenvalue weighted by molar-refractivity contribution is -0.143. The fraction of sp³-hybridized carbons (Fsp3) is 0.417. The summed E-state index contributed by atoms with van der Waals surface area (Å²) in [6.07, 6.45) is 0.330. The van der Waals surface area contributed by atoms with Gasteiger partial charge in [-0.25, -0.2) is 8.78 Å². The van der Waals surface area contributed by atoms with E-state index in [9.17, 15) is 13.6 Å². The molecule has 0 aliphatic carbocycles. The Labute approximate surface area is 98.5 Å². The number of carbonyl (C=O) groups is 1. The largest absolute Gasteiger partial charge is 0.481 e. The summed E-state index contributed by atoms with van der Waals surface area (Å²) in [6, 6.07) is 2.30. The Hall–Kier alpha value is -1.49. The molecule has 1 aromatic rings. The summed E-state index contributed by atoms with van der Waals surface area (Å²) in [4.78, 5) is 11.0. The van der Waals surface area contributed by atoms with Crippen molar-refractivity contribution in [1.29, 1.82) is 0 Å². The lowest BCUT2D eigenvalue weighted by Crippen LogP contribution is -2.31. The molecular formula is C12H15F2NO2. The number of nitrogens with one attached hydrogen (secondary N) is 1. The highest BCUT2D eigenvalue weighted by molar-refractivity contribution is 5.71. The maximum atomic E-state index is 13.6. The topological polar surface area (TPSA) is 49.3 Å². The van der Waals surface area contributed by atoms with Crippen LogP contribution in [0.2, 0.25) is 0 Å². The zero-order valence-corrected chi connectivity index (χ0v) is 9.71. The van der Waals surface area contributed by atoms with Gasteiger partial charge in [0.1, 0.15) is 11.6 Å². The number of hydrogen-bond donors (Lipinski definition) is 2. The average molecular weight is 243 g/mol. The van der Waals surface area contributed by atoms with Crippen molar-refractivity contribution >= 4 is 5.97 Å². The Bertz CT molecular complexity index is 409. The van der Waals surface area contributed by atoms with Crippen LogP contribution >= 0.6 is 0 Å². The summed E-state index contributed by atoms with van der Waals surface area (Å²) in [5, 5.41) is 11.8. The molecule has 0 heterocycles. The second-order valence-corrected chi connectivity index (χ2v) is 3.79. The standard InChI is InChI=1S/C12H15F2NO2/c1-3-8(12(16)17)11(15-2)9-6-7(13)4-5-10(9)14/h4-6,8,11,15H,3H2,1-2H3,(H,16,17). The first-order valence-electron chi connectivity index (χ1n) is 5.36. The molecule has 0 saturated carbocycles. The van der Waals surface area contributed by atoms with E-state index in [0.29, 0.717) is 6.42 Å². The zero-order valence-electron chi connectivity index (χ0n) is 9.71. The lowest BCUT2D eigenvalue weighted by atomic mass is 9.90. The molecule has 0 aliphatic heterocycles. The molecule has 2 atom stereocenters. The molecule has 0 spiro atoms. The molecule has 94 valence electrons. The Morgan fingerprint density at radius 3 is 2.59 bits per heavy atom. The van der Waals surface area contributed by atoms with Crippen LogP contribution in [-0.2, 0) is 4.79 Å². The van der Waals surface area contributed by atoms with E-state index in [2.05, 4.69) is 5.32 Å². The van der Waals surface area contributed by atoms with Crippen molar-refractivity contribution in [3.05, 3.63) is 35.4 Å². The minimum atomic E-state index is -1.03. The highest BCUT2D eigenvalue weighted by Crippen LogP contribution is 2.27. The first kappa shape index (κ1) is 13.6. The third kappa shape index (κ3) is 3.00. The van der Waals surface area contributed by atoms with Gasteiger partial charge in [0.15, 0.2) is 0 Å². The van der Waals surface area contributed by atoms with Gasteiger partial charge in [-0.15, -0.1) is 0 Å². The van der Waals surface area contributed by atoms with Crippen molar-refractivity contribution in [3.8, 4) is 0 Å². The van der Waals surface area contributed by atoms with E-state index in [1.807, 2.05) is 0 Å². The summed E-state index contributed by atoms with van der Waals surface area (Å²) in [5.41, 5.74) is 0.0433. The number of rotatable bonds is 5. The van der Waals surface area contributed by atoms with Crippen molar-refractivity contribution in [2.75, 3.05) is 7.05 Å². The number of carboxylic acid groups (broad SMARTS) is 1. The number of carboxylic acids is 1. The predicted molar refractivity (Wildman–Crippen MR) is 59.6 cm³/mol. The van der Waals surface area contributed by atoms with Crippen molar-refractivity contribution in [3.63, 3.8) is 0 Å². The van der Waals surface area contributed by atoms with Gasteiger partial charge in [0.25, 0.3) is 0 Å². The molecule has 2 unspecified atom stereocenters. The quantitative estimate of drug-likeness (QED) is 0.834.